The number of rotatable bonds is 3. The molecule has 1 aliphatic rings. The maximum Gasteiger partial charge on any atom is 0.252 e. The van der Waals surface area contributed by atoms with Gasteiger partial charge >= 0.3 is 0 Å². The maximum absolute atomic E-state index is 13.2. The van der Waals surface area contributed by atoms with E-state index in [1.165, 1.54) is 0 Å². The van der Waals surface area contributed by atoms with Gasteiger partial charge < -0.3 is 10.1 Å². The molecular formula is C21H24N4O2. The van der Waals surface area contributed by atoms with Crippen molar-refractivity contribution in [3.05, 3.63) is 47.3 Å². The van der Waals surface area contributed by atoms with Crippen LogP contribution in [0.2, 0.25) is 0 Å². The third-order valence-corrected chi connectivity index (χ3v) is 5.08. The Morgan fingerprint density at radius 2 is 2.19 bits per heavy atom. The number of fused-ring (bicyclic) bond motifs is 1. The smallest absolute Gasteiger partial charge is 0.252 e. The van der Waals surface area contributed by atoms with E-state index in [0.717, 1.165) is 52.7 Å². The maximum atomic E-state index is 13.2. The fraction of sp³-hybridized carbons (Fsp3) is 0.381. The second-order valence-corrected chi connectivity index (χ2v) is 7.27. The number of nitrogens with zero attached hydrogens (tertiary/aromatic N) is 3. The minimum atomic E-state index is -0.0638. The van der Waals surface area contributed by atoms with Crippen LogP contribution >= 0.6 is 0 Å². The summed E-state index contributed by atoms with van der Waals surface area (Å²) in [7, 11) is 1.87. The monoisotopic (exact) mass is 364 g/mol. The molecule has 3 heterocycles. The van der Waals surface area contributed by atoms with Crippen LogP contribution in [0.25, 0.3) is 22.2 Å². The highest BCUT2D eigenvalue weighted by molar-refractivity contribution is 6.09. The third kappa shape index (κ3) is 3.45. The Balaban J connectivity index is 1.84. The summed E-state index contributed by atoms with van der Waals surface area (Å²) >= 11 is 0. The van der Waals surface area contributed by atoms with Crippen LogP contribution in [0.15, 0.2) is 30.6 Å². The second kappa shape index (κ2) is 7.12. The second-order valence-electron chi connectivity index (χ2n) is 7.27. The summed E-state index contributed by atoms with van der Waals surface area (Å²) in [4.78, 5) is 18.1. The first-order valence-corrected chi connectivity index (χ1v) is 9.31. The predicted octanol–water partition coefficient (Wildman–Crippen LogP) is 3.16. The van der Waals surface area contributed by atoms with Gasteiger partial charge in [-0.05, 0) is 44.4 Å². The summed E-state index contributed by atoms with van der Waals surface area (Å²) < 4.78 is 7.26. The minimum absolute atomic E-state index is 0.0560. The van der Waals surface area contributed by atoms with Crippen molar-refractivity contribution < 1.29 is 9.53 Å². The highest BCUT2D eigenvalue weighted by Crippen LogP contribution is 2.30. The summed E-state index contributed by atoms with van der Waals surface area (Å²) in [5.74, 6) is -0.0638. The van der Waals surface area contributed by atoms with E-state index in [2.05, 4.69) is 10.4 Å². The van der Waals surface area contributed by atoms with Gasteiger partial charge in [-0.15, -0.1) is 0 Å². The number of nitrogens with one attached hydrogen (secondary N) is 1. The van der Waals surface area contributed by atoms with Crippen LogP contribution in [-0.2, 0) is 11.8 Å². The number of aromatic nitrogens is 3. The molecule has 1 aliphatic heterocycles. The van der Waals surface area contributed by atoms with Crippen LogP contribution in [0.3, 0.4) is 0 Å². The Labute approximate surface area is 158 Å². The van der Waals surface area contributed by atoms with E-state index in [4.69, 9.17) is 9.72 Å². The highest BCUT2D eigenvalue weighted by atomic mass is 16.5. The van der Waals surface area contributed by atoms with Gasteiger partial charge in [0, 0.05) is 30.8 Å². The molecule has 1 fully saturated rings. The predicted molar refractivity (Wildman–Crippen MR) is 105 cm³/mol. The molecule has 1 saturated heterocycles. The Morgan fingerprint density at radius 3 is 2.89 bits per heavy atom. The van der Waals surface area contributed by atoms with Gasteiger partial charge in [-0.3, -0.25) is 9.48 Å². The number of ether oxygens (including phenoxy) is 1. The lowest BCUT2D eigenvalue weighted by Crippen LogP contribution is -2.41. The molecule has 4 rings (SSSR count). The fourth-order valence-electron chi connectivity index (χ4n) is 3.70. The van der Waals surface area contributed by atoms with E-state index >= 15 is 0 Å². The lowest BCUT2D eigenvalue weighted by atomic mass is 9.97. The summed E-state index contributed by atoms with van der Waals surface area (Å²) in [6, 6.07) is 6.09. The number of hydrogen-bond donors (Lipinski definition) is 1. The van der Waals surface area contributed by atoms with Crippen molar-refractivity contribution in [2.75, 3.05) is 13.2 Å². The molecule has 2 aromatic heterocycles. The third-order valence-electron chi connectivity index (χ3n) is 5.08. The van der Waals surface area contributed by atoms with Crippen molar-refractivity contribution >= 4 is 16.8 Å². The van der Waals surface area contributed by atoms with Gasteiger partial charge in [-0.25, -0.2) is 4.98 Å². The summed E-state index contributed by atoms with van der Waals surface area (Å²) in [6.45, 7) is 5.33. The molecule has 1 amide bonds. The first kappa shape index (κ1) is 17.7. The molecule has 6 heteroatoms. The Hall–Kier alpha value is -2.73. The zero-order valence-corrected chi connectivity index (χ0v) is 16.0. The van der Waals surface area contributed by atoms with Crippen LogP contribution in [0.4, 0.5) is 0 Å². The number of amides is 1. The Bertz CT molecular complexity index is 1000. The molecule has 27 heavy (non-hydrogen) atoms. The van der Waals surface area contributed by atoms with Gasteiger partial charge in [0.1, 0.15) is 0 Å². The quantitative estimate of drug-likeness (QED) is 0.775. The first-order chi connectivity index (χ1) is 13.0. The molecule has 1 N–H and O–H groups in total. The number of aryl methyl sites for hydroxylation is 2. The van der Waals surface area contributed by atoms with Crippen LogP contribution < -0.4 is 5.32 Å². The van der Waals surface area contributed by atoms with E-state index in [-0.39, 0.29) is 11.9 Å². The number of hydrogen-bond acceptors (Lipinski definition) is 4. The SMILES string of the molecule is Cc1ccc2nc(-c3cnn(C)c3)c(C)c(C(=O)N[C@H]3CCCOC3)c2c1. The van der Waals surface area contributed by atoms with Crippen molar-refractivity contribution in [1.82, 2.24) is 20.1 Å². The zero-order chi connectivity index (χ0) is 19.0. The lowest BCUT2D eigenvalue weighted by molar-refractivity contribution is 0.0624. The number of carbonyl (C=O) groups excluding carboxylic acids is 1. The van der Waals surface area contributed by atoms with E-state index in [1.54, 1.807) is 10.9 Å². The number of benzene rings is 1. The summed E-state index contributed by atoms with van der Waals surface area (Å²) in [5, 5.41) is 8.30. The van der Waals surface area contributed by atoms with E-state index < -0.39 is 0 Å². The molecule has 1 aromatic carbocycles. The van der Waals surface area contributed by atoms with Gasteiger partial charge in [-0.2, -0.15) is 5.10 Å². The molecule has 6 nitrogen and oxygen atoms in total. The Morgan fingerprint density at radius 1 is 1.33 bits per heavy atom. The van der Waals surface area contributed by atoms with Gasteiger partial charge in [-0.1, -0.05) is 11.6 Å². The van der Waals surface area contributed by atoms with Crippen molar-refractivity contribution in [3.63, 3.8) is 0 Å². The summed E-state index contributed by atoms with van der Waals surface area (Å²) in [5.41, 5.74) is 5.18. The molecule has 3 aromatic rings. The molecule has 0 aliphatic carbocycles. The fourth-order valence-corrected chi connectivity index (χ4v) is 3.70. The molecular weight excluding hydrogens is 340 g/mol. The zero-order valence-electron chi connectivity index (χ0n) is 16.0. The normalized spacial score (nSPS) is 17.2. The number of carbonyl (C=O) groups is 1. The van der Waals surface area contributed by atoms with Crippen molar-refractivity contribution in [2.24, 2.45) is 7.05 Å². The largest absolute Gasteiger partial charge is 0.379 e. The van der Waals surface area contributed by atoms with Crippen LogP contribution in [0.5, 0.6) is 0 Å². The Kier molecular flexibility index (Phi) is 4.66. The van der Waals surface area contributed by atoms with Crippen molar-refractivity contribution in [2.45, 2.75) is 32.7 Å². The standard InChI is InChI=1S/C21H24N4O2/c1-13-6-7-18-17(9-13)19(21(26)23-16-5-4-8-27-12-16)14(2)20(24-18)15-10-22-25(3)11-15/h6-7,9-11,16H,4-5,8,12H2,1-3H3,(H,23,26)/t16-/m0/s1. The van der Waals surface area contributed by atoms with Gasteiger partial charge in [0.25, 0.3) is 5.91 Å². The van der Waals surface area contributed by atoms with Crippen molar-refractivity contribution in [3.8, 4) is 11.3 Å². The van der Waals surface area contributed by atoms with Gasteiger partial charge in [0.05, 0.1) is 35.6 Å². The molecule has 0 spiro atoms. The van der Waals surface area contributed by atoms with Crippen LogP contribution in [-0.4, -0.2) is 39.9 Å². The summed E-state index contributed by atoms with van der Waals surface area (Å²) in [6.07, 6.45) is 5.63. The molecule has 1 atom stereocenters. The average Bonchev–Trinajstić information content (AvgIpc) is 3.08. The topological polar surface area (TPSA) is 69.0 Å². The van der Waals surface area contributed by atoms with E-state index in [9.17, 15) is 4.79 Å². The average molecular weight is 364 g/mol. The lowest BCUT2D eigenvalue weighted by Gasteiger charge is -2.24. The van der Waals surface area contributed by atoms with E-state index in [1.807, 2.05) is 45.3 Å². The molecule has 0 saturated carbocycles. The molecule has 0 radical (unpaired) electrons. The highest BCUT2D eigenvalue weighted by Gasteiger charge is 2.23. The molecule has 140 valence electrons. The molecule has 0 bridgehead atoms. The minimum Gasteiger partial charge on any atom is -0.379 e. The van der Waals surface area contributed by atoms with Crippen LogP contribution in [0.1, 0.15) is 34.3 Å². The van der Waals surface area contributed by atoms with Crippen molar-refractivity contribution in [1.29, 1.82) is 0 Å². The van der Waals surface area contributed by atoms with Gasteiger partial charge in [0.15, 0.2) is 0 Å². The van der Waals surface area contributed by atoms with Gasteiger partial charge in [0.2, 0.25) is 0 Å². The molecule has 0 unspecified atom stereocenters. The van der Waals surface area contributed by atoms with Crippen LogP contribution in [0, 0.1) is 13.8 Å². The first-order valence-electron chi connectivity index (χ1n) is 9.31. The van der Waals surface area contributed by atoms with E-state index in [0.29, 0.717) is 12.2 Å². The number of pyridine rings is 1.